The summed E-state index contributed by atoms with van der Waals surface area (Å²) in [5, 5.41) is 17.7. The highest BCUT2D eigenvalue weighted by Crippen LogP contribution is 2.10. The molecule has 0 saturated carbocycles. The second-order valence-corrected chi connectivity index (χ2v) is 3.73. The summed E-state index contributed by atoms with van der Waals surface area (Å²) in [5.74, 6) is -1.06. The van der Waals surface area contributed by atoms with Crippen molar-refractivity contribution in [3.05, 3.63) is 0 Å². The Morgan fingerprint density at radius 1 is 1.29 bits per heavy atom. The standard InChI is InChI=1S/C8H15NO5/c1-8(2,3)14-9(7(12)13)5-4-6(10)11/h4-5H2,1-3H3,(H,10,11)(H,12,13). The molecule has 0 aliphatic carbocycles. The number of nitrogens with zero attached hydrogens (tertiary/aromatic N) is 1. The molecule has 14 heavy (non-hydrogen) atoms. The maximum absolute atomic E-state index is 10.6. The highest BCUT2D eigenvalue weighted by Gasteiger charge is 2.21. The number of carboxylic acid groups (broad SMARTS) is 2. The number of aliphatic carboxylic acids is 1. The van der Waals surface area contributed by atoms with Gasteiger partial charge in [-0.15, -0.1) is 0 Å². The third kappa shape index (κ3) is 6.24. The van der Waals surface area contributed by atoms with Gasteiger partial charge in [0, 0.05) is 0 Å². The second kappa shape index (κ2) is 4.80. The van der Waals surface area contributed by atoms with Crippen molar-refractivity contribution < 1.29 is 24.6 Å². The first-order valence-corrected chi connectivity index (χ1v) is 4.14. The summed E-state index contributed by atoms with van der Waals surface area (Å²) in [5.41, 5.74) is -0.656. The van der Waals surface area contributed by atoms with E-state index in [2.05, 4.69) is 0 Å². The number of hydrogen-bond donors (Lipinski definition) is 2. The number of rotatable bonds is 4. The zero-order valence-corrected chi connectivity index (χ0v) is 8.48. The minimum absolute atomic E-state index is 0.179. The minimum Gasteiger partial charge on any atom is -0.481 e. The third-order valence-corrected chi connectivity index (χ3v) is 1.13. The zero-order chi connectivity index (χ0) is 11.4. The summed E-state index contributed by atoms with van der Waals surface area (Å²) in [6, 6.07) is 0. The average Bonchev–Trinajstić information content (AvgIpc) is 1.94. The summed E-state index contributed by atoms with van der Waals surface area (Å²) < 4.78 is 0. The van der Waals surface area contributed by atoms with E-state index in [1.54, 1.807) is 20.8 Å². The van der Waals surface area contributed by atoms with Crippen LogP contribution in [-0.2, 0) is 9.63 Å². The van der Waals surface area contributed by atoms with Gasteiger partial charge in [0.1, 0.15) is 0 Å². The number of hydroxylamine groups is 2. The first-order chi connectivity index (χ1) is 6.22. The number of carboxylic acids is 1. The van der Waals surface area contributed by atoms with Crippen molar-refractivity contribution in [2.75, 3.05) is 6.54 Å². The molecule has 1 amide bonds. The fourth-order valence-electron chi connectivity index (χ4n) is 0.708. The maximum atomic E-state index is 10.6. The van der Waals surface area contributed by atoms with Gasteiger partial charge in [-0.25, -0.2) is 4.79 Å². The Morgan fingerprint density at radius 3 is 2.07 bits per heavy atom. The lowest BCUT2D eigenvalue weighted by Gasteiger charge is -2.26. The summed E-state index contributed by atoms with van der Waals surface area (Å²) >= 11 is 0. The lowest BCUT2D eigenvalue weighted by atomic mass is 10.2. The van der Waals surface area contributed by atoms with E-state index in [0.29, 0.717) is 5.06 Å². The molecule has 0 atom stereocenters. The Labute approximate surface area is 82.0 Å². The molecule has 0 spiro atoms. The molecule has 6 heteroatoms. The highest BCUT2D eigenvalue weighted by atomic mass is 16.7. The summed E-state index contributed by atoms with van der Waals surface area (Å²) in [6.45, 7) is 4.87. The SMILES string of the molecule is CC(C)(C)ON(CCC(=O)O)C(=O)O. The smallest absolute Gasteiger partial charge is 0.431 e. The monoisotopic (exact) mass is 205 g/mol. The summed E-state index contributed by atoms with van der Waals surface area (Å²) in [4.78, 5) is 25.8. The Balaban J connectivity index is 4.17. The molecular formula is C8H15NO5. The van der Waals surface area contributed by atoms with E-state index in [1.165, 1.54) is 0 Å². The minimum atomic E-state index is -1.29. The lowest BCUT2D eigenvalue weighted by molar-refractivity contribution is -0.203. The Kier molecular flexibility index (Phi) is 4.36. The Bertz CT molecular complexity index is 220. The normalized spacial score (nSPS) is 11.1. The van der Waals surface area contributed by atoms with Gasteiger partial charge in [0.15, 0.2) is 0 Å². The second-order valence-electron chi connectivity index (χ2n) is 3.73. The quantitative estimate of drug-likeness (QED) is 0.672. The zero-order valence-electron chi connectivity index (χ0n) is 8.48. The molecule has 0 fully saturated rings. The fourth-order valence-corrected chi connectivity index (χ4v) is 0.708. The first-order valence-electron chi connectivity index (χ1n) is 4.14. The van der Waals surface area contributed by atoms with Gasteiger partial charge in [-0.1, -0.05) is 0 Å². The van der Waals surface area contributed by atoms with Crippen molar-refractivity contribution >= 4 is 12.1 Å². The molecule has 2 N–H and O–H groups in total. The number of carbonyl (C=O) groups is 2. The van der Waals surface area contributed by atoms with Gasteiger partial charge in [-0.05, 0) is 20.8 Å². The number of amides is 1. The van der Waals surface area contributed by atoms with Crippen molar-refractivity contribution in [2.24, 2.45) is 0 Å². The van der Waals surface area contributed by atoms with Crippen LogP contribution in [0.5, 0.6) is 0 Å². The van der Waals surface area contributed by atoms with Crippen LogP contribution in [0, 0.1) is 0 Å². The van der Waals surface area contributed by atoms with E-state index in [-0.39, 0.29) is 13.0 Å². The first kappa shape index (κ1) is 12.7. The Morgan fingerprint density at radius 2 is 1.79 bits per heavy atom. The molecule has 6 nitrogen and oxygen atoms in total. The van der Waals surface area contributed by atoms with Gasteiger partial charge in [0.25, 0.3) is 0 Å². The molecular weight excluding hydrogens is 190 g/mol. The van der Waals surface area contributed by atoms with Gasteiger partial charge >= 0.3 is 12.1 Å². The molecule has 0 aliphatic rings. The predicted molar refractivity (Wildman–Crippen MR) is 47.8 cm³/mol. The molecule has 0 rings (SSSR count). The third-order valence-electron chi connectivity index (χ3n) is 1.13. The number of hydrogen-bond acceptors (Lipinski definition) is 3. The van der Waals surface area contributed by atoms with E-state index >= 15 is 0 Å². The topological polar surface area (TPSA) is 87.1 Å². The van der Waals surface area contributed by atoms with E-state index in [9.17, 15) is 9.59 Å². The summed E-state index contributed by atoms with van der Waals surface area (Å²) in [7, 11) is 0. The van der Waals surface area contributed by atoms with E-state index in [4.69, 9.17) is 15.1 Å². The molecule has 0 bridgehead atoms. The fraction of sp³-hybridized carbons (Fsp3) is 0.750. The molecule has 0 radical (unpaired) electrons. The van der Waals surface area contributed by atoms with E-state index < -0.39 is 17.7 Å². The van der Waals surface area contributed by atoms with Crippen LogP contribution >= 0.6 is 0 Å². The molecule has 0 unspecified atom stereocenters. The van der Waals surface area contributed by atoms with Crippen LogP contribution in [0.3, 0.4) is 0 Å². The van der Waals surface area contributed by atoms with Crippen molar-refractivity contribution in [3.63, 3.8) is 0 Å². The van der Waals surface area contributed by atoms with Crippen LogP contribution in [0.4, 0.5) is 4.79 Å². The molecule has 0 aromatic carbocycles. The van der Waals surface area contributed by atoms with Gasteiger partial charge in [0.05, 0.1) is 18.6 Å². The van der Waals surface area contributed by atoms with Crippen LogP contribution in [0.15, 0.2) is 0 Å². The molecule has 82 valence electrons. The molecule has 0 aliphatic heterocycles. The van der Waals surface area contributed by atoms with Crippen LogP contribution in [-0.4, -0.2) is 39.5 Å². The predicted octanol–water partition coefficient (Wildman–Crippen LogP) is 1.17. The van der Waals surface area contributed by atoms with Crippen LogP contribution in [0.2, 0.25) is 0 Å². The van der Waals surface area contributed by atoms with E-state index in [1.807, 2.05) is 0 Å². The van der Waals surface area contributed by atoms with Gasteiger partial charge in [-0.3, -0.25) is 9.63 Å². The van der Waals surface area contributed by atoms with Crippen LogP contribution in [0.25, 0.3) is 0 Å². The van der Waals surface area contributed by atoms with Crippen molar-refractivity contribution in [1.29, 1.82) is 0 Å². The van der Waals surface area contributed by atoms with Crippen molar-refractivity contribution in [3.8, 4) is 0 Å². The molecule has 0 heterocycles. The lowest BCUT2D eigenvalue weighted by Crippen LogP contribution is -2.38. The maximum Gasteiger partial charge on any atom is 0.431 e. The van der Waals surface area contributed by atoms with Gasteiger partial charge < -0.3 is 10.2 Å². The average molecular weight is 205 g/mol. The van der Waals surface area contributed by atoms with Crippen molar-refractivity contribution in [1.82, 2.24) is 5.06 Å². The molecule has 0 aromatic heterocycles. The van der Waals surface area contributed by atoms with Crippen LogP contribution in [0.1, 0.15) is 27.2 Å². The highest BCUT2D eigenvalue weighted by molar-refractivity contribution is 5.68. The summed E-state index contributed by atoms with van der Waals surface area (Å²) in [6.07, 6.45) is -1.57. The van der Waals surface area contributed by atoms with Crippen molar-refractivity contribution in [2.45, 2.75) is 32.8 Å². The van der Waals surface area contributed by atoms with Crippen LogP contribution < -0.4 is 0 Å². The largest absolute Gasteiger partial charge is 0.481 e. The van der Waals surface area contributed by atoms with Gasteiger partial charge in [0.2, 0.25) is 0 Å². The Hall–Kier alpha value is -1.30. The molecule has 0 aromatic rings. The van der Waals surface area contributed by atoms with E-state index in [0.717, 1.165) is 0 Å². The van der Waals surface area contributed by atoms with Gasteiger partial charge in [-0.2, -0.15) is 5.06 Å². The molecule has 0 saturated heterocycles.